The minimum atomic E-state index is -0.0789. The van der Waals surface area contributed by atoms with Crippen LogP contribution in [-0.4, -0.2) is 19.9 Å². The Morgan fingerprint density at radius 1 is 1.11 bits per heavy atom. The van der Waals surface area contributed by atoms with E-state index in [1.807, 2.05) is 4.57 Å². The third-order valence-electron chi connectivity index (χ3n) is 3.00. The fraction of sp³-hybridized carbons (Fsp3) is 0.467. The van der Waals surface area contributed by atoms with E-state index in [9.17, 15) is 5.11 Å². The van der Waals surface area contributed by atoms with Gasteiger partial charge in [0.25, 0.3) is 0 Å². The monoisotopic (exact) mass is 259 g/mol. The van der Waals surface area contributed by atoms with Crippen LogP contribution in [0.5, 0.6) is 0 Å². The van der Waals surface area contributed by atoms with Crippen molar-refractivity contribution in [1.29, 1.82) is 0 Å². The Morgan fingerprint density at radius 3 is 2.26 bits per heavy atom. The highest BCUT2D eigenvalue weighted by Crippen LogP contribution is 2.22. The smallest absolute Gasteiger partial charge is 0.164 e. The van der Waals surface area contributed by atoms with Gasteiger partial charge in [-0.15, -0.1) is 10.2 Å². The van der Waals surface area contributed by atoms with Crippen molar-refractivity contribution in [3.63, 3.8) is 0 Å². The SMILES string of the molecule is Cc1cc(C)cc(-c2nnc(CO)n2CC(C)C)c1. The van der Waals surface area contributed by atoms with Crippen LogP contribution in [0.3, 0.4) is 0 Å². The fourth-order valence-corrected chi connectivity index (χ4v) is 2.33. The second-order valence-corrected chi connectivity index (χ2v) is 5.48. The number of rotatable bonds is 4. The van der Waals surface area contributed by atoms with Crippen LogP contribution in [0.25, 0.3) is 11.4 Å². The third kappa shape index (κ3) is 3.01. The third-order valence-corrected chi connectivity index (χ3v) is 3.00. The number of aryl methyl sites for hydroxylation is 2. The van der Waals surface area contributed by atoms with Gasteiger partial charge in [-0.05, 0) is 31.9 Å². The second-order valence-electron chi connectivity index (χ2n) is 5.48. The molecule has 2 aromatic rings. The van der Waals surface area contributed by atoms with Crippen molar-refractivity contribution in [3.05, 3.63) is 35.2 Å². The molecular formula is C15H21N3O. The molecule has 0 aliphatic rings. The first-order chi connectivity index (χ1) is 9.01. The topological polar surface area (TPSA) is 50.9 Å². The molecule has 1 heterocycles. The van der Waals surface area contributed by atoms with Crippen molar-refractivity contribution < 1.29 is 5.11 Å². The van der Waals surface area contributed by atoms with Crippen molar-refractivity contribution in [1.82, 2.24) is 14.8 Å². The lowest BCUT2D eigenvalue weighted by Gasteiger charge is -2.12. The molecule has 0 fully saturated rings. The van der Waals surface area contributed by atoms with Gasteiger partial charge >= 0.3 is 0 Å². The van der Waals surface area contributed by atoms with Gasteiger partial charge in [0.2, 0.25) is 0 Å². The van der Waals surface area contributed by atoms with Crippen LogP contribution in [0.15, 0.2) is 18.2 Å². The summed E-state index contributed by atoms with van der Waals surface area (Å²) in [4.78, 5) is 0. The summed E-state index contributed by atoms with van der Waals surface area (Å²) < 4.78 is 2.01. The van der Waals surface area contributed by atoms with Crippen LogP contribution in [-0.2, 0) is 13.2 Å². The fourth-order valence-electron chi connectivity index (χ4n) is 2.33. The molecule has 102 valence electrons. The Hall–Kier alpha value is -1.68. The number of aliphatic hydroxyl groups is 1. The van der Waals surface area contributed by atoms with E-state index in [1.165, 1.54) is 11.1 Å². The van der Waals surface area contributed by atoms with Crippen LogP contribution >= 0.6 is 0 Å². The summed E-state index contributed by atoms with van der Waals surface area (Å²) in [6, 6.07) is 6.35. The highest BCUT2D eigenvalue weighted by Gasteiger charge is 2.14. The number of benzene rings is 1. The molecule has 1 N–H and O–H groups in total. The van der Waals surface area contributed by atoms with Gasteiger partial charge in [-0.25, -0.2) is 0 Å². The van der Waals surface area contributed by atoms with Crippen molar-refractivity contribution in [2.24, 2.45) is 5.92 Å². The second kappa shape index (κ2) is 5.53. The van der Waals surface area contributed by atoms with Crippen molar-refractivity contribution >= 4 is 0 Å². The lowest BCUT2D eigenvalue weighted by Crippen LogP contribution is -2.10. The molecule has 0 unspecified atom stereocenters. The predicted octanol–water partition coefficient (Wildman–Crippen LogP) is 2.71. The first kappa shape index (κ1) is 13.7. The van der Waals surface area contributed by atoms with E-state index in [2.05, 4.69) is 56.1 Å². The maximum absolute atomic E-state index is 9.38. The number of aliphatic hydroxyl groups excluding tert-OH is 1. The van der Waals surface area contributed by atoms with E-state index in [0.717, 1.165) is 17.9 Å². The molecule has 4 heteroatoms. The predicted molar refractivity (Wildman–Crippen MR) is 75.7 cm³/mol. The quantitative estimate of drug-likeness (QED) is 0.918. The van der Waals surface area contributed by atoms with E-state index in [1.54, 1.807) is 0 Å². The maximum Gasteiger partial charge on any atom is 0.164 e. The number of hydrogen-bond donors (Lipinski definition) is 1. The van der Waals surface area contributed by atoms with Gasteiger partial charge in [0.15, 0.2) is 11.6 Å². The molecule has 0 saturated heterocycles. The molecule has 0 aliphatic carbocycles. The van der Waals surface area contributed by atoms with Crippen molar-refractivity contribution in [2.75, 3.05) is 0 Å². The molecule has 0 saturated carbocycles. The number of hydrogen-bond acceptors (Lipinski definition) is 3. The molecule has 19 heavy (non-hydrogen) atoms. The minimum Gasteiger partial charge on any atom is -0.388 e. The van der Waals surface area contributed by atoms with E-state index in [0.29, 0.717) is 11.7 Å². The average Bonchev–Trinajstić information content (AvgIpc) is 2.69. The Labute approximate surface area is 114 Å². The molecular weight excluding hydrogens is 238 g/mol. The first-order valence-electron chi connectivity index (χ1n) is 6.63. The first-order valence-corrected chi connectivity index (χ1v) is 6.63. The van der Waals surface area contributed by atoms with Gasteiger partial charge in [0.05, 0.1) is 0 Å². The summed E-state index contributed by atoms with van der Waals surface area (Å²) in [6.07, 6.45) is 0. The molecule has 0 atom stereocenters. The molecule has 0 spiro atoms. The van der Waals surface area contributed by atoms with Crippen molar-refractivity contribution in [2.45, 2.75) is 40.8 Å². The Bertz CT molecular complexity index is 553. The molecule has 1 aromatic heterocycles. The largest absolute Gasteiger partial charge is 0.388 e. The molecule has 1 aromatic carbocycles. The zero-order valence-electron chi connectivity index (χ0n) is 12.0. The number of nitrogens with zero attached hydrogens (tertiary/aromatic N) is 3. The standard InChI is InChI=1S/C15H21N3O/c1-10(2)8-18-14(9-19)16-17-15(18)13-6-11(3)5-12(4)7-13/h5-7,10,19H,8-9H2,1-4H3. The molecule has 0 radical (unpaired) electrons. The molecule has 0 amide bonds. The zero-order valence-corrected chi connectivity index (χ0v) is 12.0. The van der Waals surface area contributed by atoms with E-state index in [4.69, 9.17) is 0 Å². The minimum absolute atomic E-state index is 0.0789. The highest BCUT2D eigenvalue weighted by molar-refractivity contribution is 5.58. The average molecular weight is 259 g/mol. The summed E-state index contributed by atoms with van der Waals surface area (Å²) in [6.45, 7) is 9.17. The van der Waals surface area contributed by atoms with Gasteiger partial charge in [-0.1, -0.05) is 31.0 Å². The summed E-state index contributed by atoms with van der Waals surface area (Å²) in [5.74, 6) is 1.94. The van der Waals surface area contributed by atoms with Crippen LogP contribution in [0.2, 0.25) is 0 Å². The van der Waals surface area contributed by atoms with Gasteiger partial charge in [0, 0.05) is 12.1 Å². The van der Waals surface area contributed by atoms with E-state index < -0.39 is 0 Å². The lowest BCUT2D eigenvalue weighted by molar-refractivity contribution is 0.262. The molecule has 0 aliphatic heterocycles. The molecule has 4 nitrogen and oxygen atoms in total. The van der Waals surface area contributed by atoms with Gasteiger partial charge < -0.3 is 9.67 Å². The van der Waals surface area contributed by atoms with Crippen molar-refractivity contribution in [3.8, 4) is 11.4 Å². The Balaban J connectivity index is 2.51. The van der Waals surface area contributed by atoms with Gasteiger partial charge in [-0.3, -0.25) is 0 Å². The maximum atomic E-state index is 9.38. The summed E-state index contributed by atoms with van der Waals surface area (Å²) >= 11 is 0. The normalized spacial score (nSPS) is 11.3. The summed E-state index contributed by atoms with van der Waals surface area (Å²) in [5, 5.41) is 17.7. The zero-order chi connectivity index (χ0) is 14.0. The van der Waals surface area contributed by atoms with E-state index >= 15 is 0 Å². The molecule has 2 rings (SSSR count). The van der Waals surface area contributed by atoms with Gasteiger partial charge in [0.1, 0.15) is 6.61 Å². The Morgan fingerprint density at radius 2 is 1.74 bits per heavy atom. The molecule has 0 bridgehead atoms. The van der Waals surface area contributed by atoms with Crippen LogP contribution in [0.1, 0.15) is 30.8 Å². The lowest BCUT2D eigenvalue weighted by atomic mass is 10.1. The summed E-state index contributed by atoms with van der Waals surface area (Å²) in [7, 11) is 0. The highest BCUT2D eigenvalue weighted by atomic mass is 16.3. The van der Waals surface area contributed by atoms with Crippen LogP contribution < -0.4 is 0 Å². The van der Waals surface area contributed by atoms with Crippen LogP contribution in [0, 0.1) is 19.8 Å². The Kier molecular flexibility index (Phi) is 4.00. The van der Waals surface area contributed by atoms with Crippen LogP contribution in [0.4, 0.5) is 0 Å². The number of aromatic nitrogens is 3. The summed E-state index contributed by atoms with van der Waals surface area (Å²) in [5.41, 5.74) is 3.48. The van der Waals surface area contributed by atoms with E-state index in [-0.39, 0.29) is 6.61 Å². The van der Waals surface area contributed by atoms with Gasteiger partial charge in [-0.2, -0.15) is 0 Å².